The van der Waals surface area contributed by atoms with Gasteiger partial charge in [-0.15, -0.1) is 0 Å². The first kappa shape index (κ1) is 20.7. The number of hydrogen-bond donors (Lipinski definition) is 1. The maximum absolute atomic E-state index is 12.4. The maximum Gasteiger partial charge on any atom is 0.408 e. The molecule has 0 radical (unpaired) electrons. The molecule has 0 saturated carbocycles. The molecule has 0 aliphatic carbocycles. The highest BCUT2D eigenvalue weighted by atomic mass is 16.6. The molecule has 0 aromatic heterocycles. The molecule has 0 saturated heterocycles. The Morgan fingerprint density at radius 3 is 1.95 bits per heavy atom. The number of carbonyl (C=O) groups excluding carboxylic acids is 2. The molecule has 0 fully saturated rings. The summed E-state index contributed by atoms with van der Waals surface area (Å²) in [6.07, 6.45) is 0.694. The van der Waals surface area contributed by atoms with Crippen molar-refractivity contribution in [3.8, 4) is 0 Å². The van der Waals surface area contributed by atoms with Gasteiger partial charge in [0.05, 0.1) is 6.61 Å². The van der Waals surface area contributed by atoms with Crippen LogP contribution in [0.2, 0.25) is 0 Å². The van der Waals surface area contributed by atoms with Gasteiger partial charge in [0.25, 0.3) is 0 Å². The number of rotatable bonds is 7. The average molecular weight is 315 g/mol. The Morgan fingerprint density at radius 2 is 1.55 bits per heavy atom. The van der Waals surface area contributed by atoms with Crippen LogP contribution in [0.15, 0.2) is 0 Å². The van der Waals surface area contributed by atoms with Crippen molar-refractivity contribution < 1.29 is 19.1 Å². The first-order valence-corrected chi connectivity index (χ1v) is 8.04. The summed E-state index contributed by atoms with van der Waals surface area (Å²) < 4.78 is 10.6. The Balaban J connectivity index is 4.83. The van der Waals surface area contributed by atoms with Gasteiger partial charge in [-0.25, -0.2) is 9.59 Å². The Kier molecular flexibility index (Phi) is 7.91. The van der Waals surface area contributed by atoms with Gasteiger partial charge >= 0.3 is 12.1 Å². The van der Waals surface area contributed by atoms with Crippen LogP contribution < -0.4 is 5.32 Å². The third-order valence-electron chi connectivity index (χ3n) is 2.97. The van der Waals surface area contributed by atoms with E-state index in [4.69, 9.17) is 9.47 Å². The van der Waals surface area contributed by atoms with E-state index >= 15 is 0 Å². The summed E-state index contributed by atoms with van der Waals surface area (Å²) in [6, 6.07) is 0. The first-order chi connectivity index (χ1) is 9.85. The molecule has 130 valence electrons. The number of amides is 1. The van der Waals surface area contributed by atoms with E-state index in [-0.39, 0.29) is 5.92 Å². The molecular weight excluding hydrogens is 282 g/mol. The zero-order valence-electron chi connectivity index (χ0n) is 15.4. The van der Waals surface area contributed by atoms with E-state index in [1.54, 1.807) is 27.7 Å². The normalized spacial score (nSPS) is 14.6. The predicted molar refractivity (Wildman–Crippen MR) is 87.6 cm³/mol. The largest absolute Gasteiger partial charge is 0.464 e. The highest BCUT2D eigenvalue weighted by molar-refractivity contribution is 5.85. The van der Waals surface area contributed by atoms with Gasteiger partial charge in [0.15, 0.2) is 0 Å². The van der Waals surface area contributed by atoms with E-state index in [1.165, 1.54) is 0 Å². The average Bonchev–Trinajstić information content (AvgIpc) is 2.23. The van der Waals surface area contributed by atoms with E-state index < -0.39 is 23.2 Å². The minimum Gasteiger partial charge on any atom is -0.464 e. The van der Waals surface area contributed by atoms with Crippen LogP contribution in [0.3, 0.4) is 0 Å². The predicted octanol–water partition coefficient (Wildman–Crippen LogP) is 3.91. The highest BCUT2D eigenvalue weighted by Crippen LogP contribution is 2.20. The minimum atomic E-state index is -1.08. The van der Waals surface area contributed by atoms with Crippen molar-refractivity contribution >= 4 is 12.1 Å². The summed E-state index contributed by atoms with van der Waals surface area (Å²) in [5.41, 5.74) is -1.68. The monoisotopic (exact) mass is 315 g/mol. The summed E-state index contributed by atoms with van der Waals surface area (Å²) in [6.45, 7) is 15.5. The second kappa shape index (κ2) is 8.39. The molecule has 5 heteroatoms. The molecule has 0 bridgehead atoms. The van der Waals surface area contributed by atoms with Crippen molar-refractivity contribution in [2.75, 3.05) is 6.61 Å². The summed E-state index contributed by atoms with van der Waals surface area (Å²) in [7, 11) is 0. The standard InChI is InChI=1S/C17H33NO4/c1-12(2)9-10-21-14(19)17(8,11-13(3)4)18-15(20)22-16(5,6)7/h12-13H,9-11H2,1-8H3,(H,18,20)/t17-/m1/s1. The van der Waals surface area contributed by atoms with Gasteiger partial charge in [-0.05, 0) is 52.4 Å². The molecule has 22 heavy (non-hydrogen) atoms. The fraction of sp³-hybridized carbons (Fsp3) is 0.882. The highest BCUT2D eigenvalue weighted by Gasteiger charge is 2.38. The lowest BCUT2D eigenvalue weighted by molar-refractivity contribution is -0.152. The number of hydrogen-bond acceptors (Lipinski definition) is 4. The molecule has 0 spiro atoms. The van der Waals surface area contributed by atoms with E-state index in [9.17, 15) is 9.59 Å². The van der Waals surface area contributed by atoms with Crippen molar-refractivity contribution in [3.05, 3.63) is 0 Å². The van der Waals surface area contributed by atoms with Crippen LogP contribution in [-0.4, -0.2) is 29.8 Å². The van der Waals surface area contributed by atoms with Crippen molar-refractivity contribution in [1.82, 2.24) is 5.32 Å². The maximum atomic E-state index is 12.4. The molecule has 0 heterocycles. The third kappa shape index (κ3) is 8.90. The fourth-order valence-electron chi connectivity index (χ4n) is 2.08. The molecule has 1 N–H and O–H groups in total. The summed E-state index contributed by atoms with van der Waals surface area (Å²) in [4.78, 5) is 24.4. The first-order valence-electron chi connectivity index (χ1n) is 8.04. The van der Waals surface area contributed by atoms with Gasteiger partial charge < -0.3 is 14.8 Å². The van der Waals surface area contributed by atoms with Gasteiger partial charge in [-0.1, -0.05) is 27.7 Å². The van der Waals surface area contributed by atoms with Crippen LogP contribution in [0.1, 0.15) is 68.2 Å². The lowest BCUT2D eigenvalue weighted by Gasteiger charge is -2.31. The van der Waals surface area contributed by atoms with E-state index in [2.05, 4.69) is 19.2 Å². The summed E-state index contributed by atoms with van der Waals surface area (Å²) >= 11 is 0. The molecule has 0 unspecified atom stereocenters. The summed E-state index contributed by atoms with van der Waals surface area (Å²) in [5.74, 6) is 0.285. The molecule has 0 aliphatic heterocycles. The number of ether oxygens (including phenoxy) is 2. The molecule has 5 nitrogen and oxygen atoms in total. The van der Waals surface area contributed by atoms with Crippen molar-refractivity contribution in [3.63, 3.8) is 0 Å². The second-order valence-corrected chi connectivity index (χ2v) is 7.88. The van der Waals surface area contributed by atoms with E-state index in [0.717, 1.165) is 6.42 Å². The lowest BCUT2D eigenvalue weighted by Crippen LogP contribution is -2.54. The summed E-state index contributed by atoms with van der Waals surface area (Å²) in [5, 5.41) is 2.68. The minimum absolute atomic E-state index is 0.234. The van der Waals surface area contributed by atoms with Crippen LogP contribution in [0, 0.1) is 11.8 Å². The number of alkyl carbamates (subject to hydrolysis) is 1. The van der Waals surface area contributed by atoms with Gasteiger partial charge in [0.1, 0.15) is 11.1 Å². The Morgan fingerprint density at radius 1 is 1.00 bits per heavy atom. The van der Waals surface area contributed by atoms with Gasteiger partial charge in [-0.3, -0.25) is 0 Å². The lowest BCUT2D eigenvalue weighted by atomic mass is 9.91. The third-order valence-corrected chi connectivity index (χ3v) is 2.97. The molecule has 0 rings (SSSR count). The molecule has 1 atom stereocenters. The van der Waals surface area contributed by atoms with E-state index in [1.807, 2.05) is 13.8 Å². The van der Waals surface area contributed by atoms with Crippen LogP contribution >= 0.6 is 0 Å². The van der Waals surface area contributed by atoms with Gasteiger partial charge in [-0.2, -0.15) is 0 Å². The van der Waals surface area contributed by atoms with Crippen LogP contribution in [-0.2, 0) is 14.3 Å². The SMILES string of the molecule is CC(C)CCOC(=O)[C@@](C)(CC(C)C)NC(=O)OC(C)(C)C. The van der Waals surface area contributed by atoms with Crippen molar-refractivity contribution in [1.29, 1.82) is 0 Å². The van der Waals surface area contributed by atoms with Crippen LogP contribution in [0.5, 0.6) is 0 Å². The topological polar surface area (TPSA) is 64.6 Å². The van der Waals surface area contributed by atoms with Crippen LogP contribution in [0.25, 0.3) is 0 Å². The van der Waals surface area contributed by atoms with Crippen LogP contribution in [0.4, 0.5) is 4.79 Å². The molecule has 1 amide bonds. The molecule has 0 aromatic rings. The Hall–Kier alpha value is -1.26. The smallest absolute Gasteiger partial charge is 0.408 e. The zero-order valence-corrected chi connectivity index (χ0v) is 15.4. The molecule has 0 aliphatic rings. The molecular formula is C17H33NO4. The number of nitrogens with one attached hydrogen (secondary N) is 1. The quantitative estimate of drug-likeness (QED) is 0.724. The second-order valence-electron chi connectivity index (χ2n) is 7.88. The fourth-order valence-corrected chi connectivity index (χ4v) is 2.08. The number of carbonyl (C=O) groups is 2. The zero-order chi connectivity index (χ0) is 17.6. The van der Waals surface area contributed by atoms with Gasteiger partial charge in [0.2, 0.25) is 0 Å². The van der Waals surface area contributed by atoms with Crippen molar-refractivity contribution in [2.45, 2.75) is 79.4 Å². The van der Waals surface area contributed by atoms with Crippen molar-refractivity contribution in [2.24, 2.45) is 11.8 Å². The molecule has 0 aromatic carbocycles. The van der Waals surface area contributed by atoms with E-state index in [0.29, 0.717) is 18.9 Å². The number of esters is 1. The Labute approximate surface area is 135 Å². The van der Waals surface area contributed by atoms with Gasteiger partial charge in [0, 0.05) is 0 Å². The Bertz CT molecular complexity index is 371.